The van der Waals surface area contributed by atoms with E-state index in [1.165, 1.54) is 48.9 Å². The highest BCUT2D eigenvalue weighted by Gasteiger charge is 2.25. The Labute approximate surface area is 237 Å². The van der Waals surface area contributed by atoms with Gasteiger partial charge in [0.1, 0.15) is 6.07 Å². The van der Waals surface area contributed by atoms with Gasteiger partial charge in [0.15, 0.2) is 11.3 Å². The number of hydrogen-bond acceptors (Lipinski definition) is 4. The molecule has 0 amide bonds. The van der Waals surface area contributed by atoms with Gasteiger partial charge in [-0.2, -0.15) is 10.2 Å². The summed E-state index contributed by atoms with van der Waals surface area (Å²) in [6.45, 7) is 0. The number of fused-ring (bicyclic) bond motifs is 13. The molecule has 6 heteroatoms. The molecule has 0 unspecified atom stereocenters. The molecular weight excluding hydrogens is 516 g/mol. The molecular formula is C36H18N6. The summed E-state index contributed by atoms with van der Waals surface area (Å²) >= 11 is 0. The highest BCUT2D eigenvalue weighted by atomic mass is 15.2. The molecule has 0 fully saturated rings. The zero-order valence-corrected chi connectivity index (χ0v) is 22.1. The summed E-state index contributed by atoms with van der Waals surface area (Å²) in [7, 11) is 0. The molecule has 0 aliphatic carbocycles. The molecule has 192 valence electrons. The van der Waals surface area contributed by atoms with Crippen molar-refractivity contribution < 1.29 is 0 Å². The average molecular weight is 535 g/mol. The van der Waals surface area contributed by atoms with Crippen LogP contribution in [0.15, 0.2) is 109 Å². The van der Waals surface area contributed by atoms with Gasteiger partial charge in [0.05, 0.1) is 33.0 Å². The van der Waals surface area contributed by atoms with Crippen LogP contribution < -0.4 is 0 Å². The Bertz CT molecular complexity index is 2810. The predicted octanol–water partition coefficient (Wildman–Crippen LogP) is 8.30. The number of rotatable bonds is 1. The lowest BCUT2D eigenvalue weighted by molar-refractivity contribution is 0.994. The first kappa shape index (κ1) is 21.7. The van der Waals surface area contributed by atoms with Gasteiger partial charge in [-0.1, -0.05) is 66.7 Å². The minimum Gasteiger partial charge on any atom is -0.308 e. The molecule has 0 aliphatic heterocycles. The molecule has 0 atom stereocenters. The fraction of sp³-hybridized carbons (Fsp3) is 0. The number of para-hydroxylation sites is 2. The molecule has 6 nitrogen and oxygen atoms in total. The summed E-state index contributed by atoms with van der Waals surface area (Å²) in [5.41, 5.74) is 6.40. The Morgan fingerprint density at radius 1 is 0.571 bits per heavy atom. The van der Waals surface area contributed by atoms with Crippen molar-refractivity contribution in [1.82, 2.24) is 23.9 Å². The molecule has 5 aromatic heterocycles. The van der Waals surface area contributed by atoms with Crippen LogP contribution in [-0.2, 0) is 0 Å². The first-order valence-corrected chi connectivity index (χ1v) is 13.9. The van der Waals surface area contributed by atoms with E-state index in [0.717, 1.165) is 21.8 Å². The van der Waals surface area contributed by atoms with Crippen LogP contribution in [-0.4, -0.2) is 23.9 Å². The standard InChI is InChI=1S/C36H18N6/c37-19-26-23-12-7-17-38-35(23)40-36(39-26)42-29-16-15-20-8-1-2-9-21(20)31(29)33-30(42)18-25-22-10-3-5-13-27(22)41-28-14-6-4-11-24(28)32(33)34(25)41/h1-18H. The Morgan fingerprint density at radius 3 is 2.17 bits per heavy atom. The van der Waals surface area contributed by atoms with E-state index < -0.39 is 0 Å². The lowest BCUT2D eigenvalue weighted by Crippen LogP contribution is -2.04. The molecule has 42 heavy (non-hydrogen) atoms. The lowest BCUT2D eigenvalue weighted by atomic mass is 9.99. The SMILES string of the molecule is N#Cc1nc(-n2c3ccc4ccccc4c3c3c4c5ccccc5n5c6ccccc6c(cc32)c45)nc2ncccc12. The molecule has 0 saturated carbocycles. The second kappa shape index (κ2) is 7.57. The summed E-state index contributed by atoms with van der Waals surface area (Å²) in [6, 6.07) is 38.3. The fourth-order valence-electron chi connectivity index (χ4n) is 7.13. The van der Waals surface area contributed by atoms with E-state index in [1.54, 1.807) is 6.20 Å². The molecule has 0 aliphatic rings. The third-order valence-electron chi connectivity index (χ3n) is 8.76. The van der Waals surface area contributed by atoms with E-state index in [1.807, 2.05) is 12.1 Å². The van der Waals surface area contributed by atoms with Crippen LogP contribution in [0, 0.1) is 11.3 Å². The molecule has 0 saturated heterocycles. The Morgan fingerprint density at radius 2 is 1.31 bits per heavy atom. The molecule has 0 radical (unpaired) electrons. The molecule has 5 aromatic carbocycles. The molecule has 5 heterocycles. The largest absolute Gasteiger partial charge is 0.308 e. The van der Waals surface area contributed by atoms with E-state index in [2.05, 4.69) is 111 Å². The van der Waals surface area contributed by atoms with E-state index >= 15 is 0 Å². The summed E-state index contributed by atoms with van der Waals surface area (Å²) in [5, 5.41) is 20.2. The van der Waals surface area contributed by atoms with E-state index in [9.17, 15) is 5.26 Å². The van der Waals surface area contributed by atoms with Crippen molar-refractivity contribution in [2.24, 2.45) is 0 Å². The van der Waals surface area contributed by atoms with Gasteiger partial charge in [-0.15, -0.1) is 0 Å². The van der Waals surface area contributed by atoms with E-state index in [-0.39, 0.29) is 0 Å². The van der Waals surface area contributed by atoms with Gasteiger partial charge < -0.3 is 4.40 Å². The van der Waals surface area contributed by atoms with Gasteiger partial charge in [-0.25, -0.2) is 9.97 Å². The van der Waals surface area contributed by atoms with Crippen molar-refractivity contribution in [3.05, 3.63) is 115 Å². The monoisotopic (exact) mass is 534 g/mol. The normalized spacial score (nSPS) is 12.3. The topological polar surface area (TPSA) is 71.8 Å². The van der Waals surface area contributed by atoms with E-state index in [0.29, 0.717) is 22.7 Å². The van der Waals surface area contributed by atoms with Crippen molar-refractivity contribution >= 4 is 81.7 Å². The second-order valence-corrected chi connectivity index (χ2v) is 10.8. The van der Waals surface area contributed by atoms with Crippen molar-refractivity contribution in [3.8, 4) is 12.0 Å². The van der Waals surface area contributed by atoms with Crippen molar-refractivity contribution in [2.75, 3.05) is 0 Å². The molecule has 0 spiro atoms. The number of nitriles is 1. The number of benzene rings is 5. The van der Waals surface area contributed by atoms with Gasteiger partial charge in [0.2, 0.25) is 5.95 Å². The van der Waals surface area contributed by atoms with Crippen molar-refractivity contribution in [2.45, 2.75) is 0 Å². The maximum absolute atomic E-state index is 10.1. The summed E-state index contributed by atoms with van der Waals surface area (Å²) in [5.74, 6) is 0.439. The Hall–Kier alpha value is -6.06. The van der Waals surface area contributed by atoms with Crippen LogP contribution in [0.4, 0.5) is 0 Å². The molecule has 0 bridgehead atoms. The second-order valence-electron chi connectivity index (χ2n) is 10.8. The first-order valence-electron chi connectivity index (χ1n) is 13.9. The van der Waals surface area contributed by atoms with Crippen LogP contribution in [0.1, 0.15) is 5.69 Å². The first-order chi connectivity index (χ1) is 20.8. The minimum atomic E-state index is 0.312. The number of hydrogen-bond donors (Lipinski definition) is 0. The van der Waals surface area contributed by atoms with Gasteiger partial charge >= 0.3 is 0 Å². The third-order valence-corrected chi connectivity index (χ3v) is 8.76. The maximum Gasteiger partial charge on any atom is 0.238 e. The third kappa shape index (κ3) is 2.52. The van der Waals surface area contributed by atoms with Crippen LogP contribution >= 0.6 is 0 Å². The maximum atomic E-state index is 10.1. The number of pyridine rings is 1. The zero-order chi connectivity index (χ0) is 27.5. The number of nitrogens with zero attached hydrogens (tertiary/aromatic N) is 6. The summed E-state index contributed by atoms with van der Waals surface area (Å²) < 4.78 is 4.53. The highest BCUT2D eigenvalue weighted by molar-refractivity contribution is 6.38. The zero-order valence-electron chi connectivity index (χ0n) is 22.1. The quantitative estimate of drug-likeness (QED) is 0.212. The van der Waals surface area contributed by atoms with Crippen LogP contribution in [0.5, 0.6) is 0 Å². The van der Waals surface area contributed by atoms with Gasteiger partial charge in [0, 0.05) is 38.5 Å². The minimum absolute atomic E-state index is 0.312. The highest BCUT2D eigenvalue weighted by Crippen LogP contribution is 2.47. The van der Waals surface area contributed by atoms with Gasteiger partial charge in [-0.05, 0) is 47.2 Å². The van der Waals surface area contributed by atoms with Gasteiger partial charge in [-0.3, -0.25) is 4.57 Å². The average Bonchev–Trinajstić information content (AvgIpc) is 3.68. The smallest absolute Gasteiger partial charge is 0.238 e. The van der Waals surface area contributed by atoms with E-state index in [4.69, 9.17) is 9.97 Å². The lowest BCUT2D eigenvalue weighted by Gasteiger charge is -2.08. The molecule has 10 rings (SSSR count). The summed E-state index contributed by atoms with van der Waals surface area (Å²) in [6.07, 6.45) is 1.70. The summed E-state index contributed by atoms with van der Waals surface area (Å²) in [4.78, 5) is 14.3. The van der Waals surface area contributed by atoms with Crippen LogP contribution in [0.25, 0.3) is 87.7 Å². The molecule has 0 N–H and O–H groups in total. The predicted molar refractivity (Wildman–Crippen MR) is 169 cm³/mol. The fourth-order valence-corrected chi connectivity index (χ4v) is 7.13. The van der Waals surface area contributed by atoms with Crippen molar-refractivity contribution in [3.63, 3.8) is 0 Å². The Balaban J connectivity index is 1.54. The van der Waals surface area contributed by atoms with Crippen LogP contribution in [0.2, 0.25) is 0 Å². The molecule has 10 aromatic rings. The van der Waals surface area contributed by atoms with Gasteiger partial charge in [0.25, 0.3) is 0 Å². The Kier molecular flexibility index (Phi) is 3.91. The number of aromatic nitrogens is 5. The van der Waals surface area contributed by atoms with Crippen LogP contribution in [0.3, 0.4) is 0 Å². The van der Waals surface area contributed by atoms with Crippen molar-refractivity contribution in [1.29, 1.82) is 5.26 Å².